The van der Waals surface area contributed by atoms with E-state index in [2.05, 4.69) is 10.4 Å². The third-order valence-corrected chi connectivity index (χ3v) is 2.70. The minimum Gasteiger partial charge on any atom is -0.383 e. The molecule has 6 nitrogen and oxygen atoms in total. The van der Waals surface area contributed by atoms with Gasteiger partial charge < -0.3 is 15.0 Å². The molecule has 18 heavy (non-hydrogen) atoms. The number of carbonyl (C=O) groups excluding carboxylic acids is 1. The first-order valence-electron chi connectivity index (χ1n) is 6.11. The fraction of sp³-hybridized carbons (Fsp3) is 0.667. The highest BCUT2D eigenvalue weighted by Crippen LogP contribution is 1.96. The van der Waals surface area contributed by atoms with E-state index in [1.165, 1.54) is 0 Å². The lowest BCUT2D eigenvalue weighted by molar-refractivity contribution is 0.158. The van der Waals surface area contributed by atoms with Gasteiger partial charge >= 0.3 is 6.03 Å². The molecule has 0 unspecified atom stereocenters. The molecule has 0 aromatic carbocycles. The number of methoxy groups -OCH3 is 1. The topological polar surface area (TPSA) is 59.4 Å². The summed E-state index contributed by atoms with van der Waals surface area (Å²) in [6.45, 7) is 3.93. The van der Waals surface area contributed by atoms with Crippen LogP contribution in [0.2, 0.25) is 0 Å². The van der Waals surface area contributed by atoms with Crippen molar-refractivity contribution in [3.8, 4) is 0 Å². The third kappa shape index (κ3) is 5.18. The van der Waals surface area contributed by atoms with Crippen LogP contribution in [0.25, 0.3) is 0 Å². The van der Waals surface area contributed by atoms with Crippen LogP contribution < -0.4 is 5.32 Å². The largest absolute Gasteiger partial charge is 0.383 e. The normalized spacial score (nSPS) is 12.2. The standard InChI is InChI=1S/C12H22N4O2/c1-11(5-8-16-7-4-6-13-16)14-12(17)15(2)9-10-18-3/h4,6-7,11H,5,8-10H2,1-3H3,(H,14,17)/t11-/m1/s1. The molecule has 0 saturated heterocycles. The van der Waals surface area contributed by atoms with Crippen molar-refractivity contribution < 1.29 is 9.53 Å². The van der Waals surface area contributed by atoms with Crippen molar-refractivity contribution in [1.29, 1.82) is 0 Å². The maximum Gasteiger partial charge on any atom is 0.317 e. The second kappa shape index (κ2) is 7.71. The van der Waals surface area contributed by atoms with Crippen molar-refractivity contribution in [2.24, 2.45) is 0 Å². The number of hydrogen-bond acceptors (Lipinski definition) is 3. The Labute approximate surface area is 108 Å². The molecule has 0 fully saturated rings. The Morgan fingerprint density at radius 2 is 2.39 bits per heavy atom. The summed E-state index contributed by atoms with van der Waals surface area (Å²) < 4.78 is 6.79. The van der Waals surface area contributed by atoms with Crippen LogP contribution in [0.15, 0.2) is 18.5 Å². The van der Waals surface area contributed by atoms with Gasteiger partial charge in [0.1, 0.15) is 0 Å². The number of ether oxygens (including phenoxy) is 1. The van der Waals surface area contributed by atoms with Crippen LogP contribution in [0.3, 0.4) is 0 Å². The highest BCUT2D eigenvalue weighted by molar-refractivity contribution is 5.74. The van der Waals surface area contributed by atoms with E-state index in [1.54, 1.807) is 25.3 Å². The van der Waals surface area contributed by atoms with Gasteiger partial charge in [0.05, 0.1) is 6.61 Å². The third-order valence-electron chi connectivity index (χ3n) is 2.70. The van der Waals surface area contributed by atoms with Gasteiger partial charge in [-0.05, 0) is 19.4 Å². The molecule has 2 amide bonds. The smallest absolute Gasteiger partial charge is 0.317 e. The van der Waals surface area contributed by atoms with Crippen LogP contribution in [-0.2, 0) is 11.3 Å². The van der Waals surface area contributed by atoms with Gasteiger partial charge in [-0.15, -0.1) is 0 Å². The monoisotopic (exact) mass is 254 g/mol. The number of aromatic nitrogens is 2. The molecule has 6 heteroatoms. The van der Waals surface area contributed by atoms with Crippen LogP contribution in [0.1, 0.15) is 13.3 Å². The number of nitrogens with one attached hydrogen (secondary N) is 1. The van der Waals surface area contributed by atoms with E-state index < -0.39 is 0 Å². The number of aryl methyl sites for hydroxylation is 1. The number of nitrogens with zero attached hydrogens (tertiary/aromatic N) is 3. The summed E-state index contributed by atoms with van der Waals surface area (Å²) >= 11 is 0. The molecule has 0 saturated carbocycles. The Morgan fingerprint density at radius 3 is 3.00 bits per heavy atom. The first-order valence-corrected chi connectivity index (χ1v) is 6.11. The number of carbonyl (C=O) groups is 1. The number of likely N-dealkylation sites (N-methyl/N-ethyl adjacent to an activating group) is 1. The van der Waals surface area contributed by atoms with Gasteiger partial charge in [0.25, 0.3) is 0 Å². The van der Waals surface area contributed by atoms with Crippen molar-refractivity contribution in [2.45, 2.75) is 25.9 Å². The van der Waals surface area contributed by atoms with E-state index in [9.17, 15) is 4.79 Å². The lowest BCUT2D eigenvalue weighted by Gasteiger charge is -2.21. The van der Waals surface area contributed by atoms with Crippen molar-refractivity contribution in [3.63, 3.8) is 0 Å². The second-order valence-electron chi connectivity index (χ2n) is 4.32. The van der Waals surface area contributed by atoms with Crippen LogP contribution in [0.4, 0.5) is 4.79 Å². The lowest BCUT2D eigenvalue weighted by Crippen LogP contribution is -2.43. The molecule has 1 heterocycles. The fourth-order valence-electron chi connectivity index (χ4n) is 1.48. The fourth-order valence-corrected chi connectivity index (χ4v) is 1.48. The molecular formula is C12H22N4O2. The molecule has 1 aromatic rings. The Bertz CT molecular complexity index is 340. The summed E-state index contributed by atoms with van der Waals surface area (Å²) in [6.07, 6.45) is 4.52. The quantitative estimate of drug-likeness (QED) is 0.788. The van der Waals surface area contributed by atoms with Gasteiger partial charge in [-0.2, -0.15) is 5.10 Å². The van der Waals surface area contributed by atoms with Gasteiger partial charge in [-0.1, -0.05) is 0 Å². The minimum absolute atomic E-state index is 0.0694. The van der Waals surface area contributed by atoms with Crippen molar-refractivity contribution in [2.75, 3.05) is 27.3 Å². The molecule has 0 aliphatic carbocycles. The van der Waals surface area contributed by atoms with Crippen LogP contribution >= 0.6 is 0 Å². The van der Waals surface area contributed by atoms with E-state index in [0.717, 1.165) is 13.0 Å². The Balaban J connectivity index is 2.22. The van der Waals surface area contributed by atoms with Gasteiger partial charge in [0.15, 0.2) is 0 Å². The Kier molecular flexibility index (Phi) is 6.21. The molecule has 102 valence electrons. The first-order chi connectivity index (χ1) is 8.63. The molecule has 1 rings (SSSR count). The van der Waals surface area contributed by atoms with Crippen LogP contribution in [0, 0.1) is 0 Å². The summed E-state index contributed by atoms with van der Waals surface area (Å²) in [5.74, 6) is 0. The van der Waals surface area contributed by atoms with E-state index in [0.29, 0.717) is 13.2 Å². The maximum atomic E-state index is 11.8. The molecule has 0 aliphatic rings. The highest BCUT2D eigenvalue weighted by atomic mass is 16.5. The molecule has 0 aliphatic heterocycles. The van der Waals surface area contributed by atoms with E-state index >= 15 is 0 Å². The summed E-state index contributed by atoms with van der Waals surface area (Å²) in [5.41, 5.74) is 0. The second-order valence-corrected chi connectivity index (χ2v) is 4.32. The Morgan fingerprint density at radius 1 is 1.61 bits per heavy atom. The van der Waals surface area contributed by atoms with Crippen molar-refractivity contribution in [3.05, 3.63) is 18.5 Å². The zero-order chi connectivity index (χ0) is 13.4. The summed E-state index contributed by atoms with van der Waals surface area (Å²) in [6, 6.07) is 1.94. The van der Waals surface area contributed by atoms with E-state index in [1.807, 2.05) is 23.9 Å². The summed E-state index contributed by atoms with van der Waals surface area (Å²) in [4.78, 5) is 13.4. The molecular weight excluding hydrogens is 232 g/mol. The molecule has 0 spiro atoms. The predicted octanol–water partition coefficient (Wildman–Crippen LogP) is 0.949. The van der Waals surface area contributed by atoms with Gasteiger partial charge in [-0.25, -0.2) is 4.79 Å². The van der Waals surface area contributed by atoms with Crippen LogP contribution in [-0.4, -0.2) is 54.1 Å². The molecule has 0 bridgehead atoms. The molecule has 1 aromatic heterocycles. The summed E-state index contributed by atoms with van der Waals surface area (Å²) in [5, 5.41) is 7.06. The van der Waals surface area contributed by atoms with Crippen molar-refractivity contribution in [1.82, 2.24) is 20.0 Å². The van der Waals surface area contributed by atoms with Gasteiger partial charge in [0, 0.05) is 45.7 Å². The zero-order valence-electron chi connectivity index (χ0n) is 11.3. The predicted molar refractivity (Wildman–Crippen MR) is 69.3 cm³/mol. The highest BCUT2D eigenvalue weighted by Gasteiger charge is 2.11. The lowest BCUT2D eigenvalue weighted by atomic mass is 10.2. The average molecular weight is 254 g/mol. The minimum atomic E-state index is -0.0694. The molecule has 1 N–H and O–H groups in total. The number of rotatable bonds is 7. The molecule has 0 radical (unpaired) electrons. The van der Waals surface area contributed by atoms with Crippen molar-refractivity contribution >= 4 is 6.03 Å². The van der Waals surface area contributed by atoms with Gasteiger partial charge in [0.2, 0.25) is 0 Å². The van der Waals surface area contributed by atoms with Gasteiger partial charge in [-0.3, -0.25) is 4.68 Å². The average Bonchev–Trinajstić information content (AvgIpc) is 2.86. The maximum absolute atomic E-state index is 11.8. The first kappa shape index (κ1) is 14.5. The van der Waals surface area contributed by atoms with E-state index in [4.69, 9.17) is 4.74 Å². The SMILES string of the molecule is COCCN(C)C(=O)N[C@H](C)CCn1cccn1. The summed E-state index contributed by atoms with van der Waals surface area (Å²) in [7, 11) is 3.38. The van der Waals surface area contributed by atoms with Crippen LogP contribution in [0.5, 0.6) is 0 Å². The number of amides is 2. The number of hydrogen-bond donors (Lipinski definition) is 1. The number of urea groups is 1. The van der Waals surface area contributed by atoms with E-state index in [-0.39, 0.29) is 12.1 Å². The zero-order valence-corrected chi connectivity index (χ0v) is 11.3. The Hall–Kier alpha value is -1.56. The molecule has 1 atom stereocenters.